The fraction of sp³-hybridized carbons (Fsp3) is 0.250. The Morgan fingerprint density at radius 1 is 1.29 bits per heavy atom. The number of nitrogens with one attached hydrogen (secondary N) is 1. The van der Waals surface area contributed by atoms with Crippen molar-refractivity contribution in [3.8, 4) is 0 Å². The van der Waals surface area contributed by atoms with Gasteiger partial charge in [-0.2, -0.15) is 0 Å². The number of nitrogens with zero attached hydrogens (tertiary/aromatic N) is 1. The van der Waals surface area contributed by atoms with Crippen LogP contribution in [0.5, 0.6) is 0 Å². The zero-order valence-electron chi connectivity index (χ0n) is 12.2. The first-order chi connectivity index (χ1) is 10.0. The van der Waals surface area contributed by atoms with E-state index in [4.69, 9.17) is 5.84 Å². The number of amides is 1. The molecule has 1 unspecified atom stereocenters. The van der Waals surface area contributed by atoms with E-state index in [0.717, 1.165) is 16.7 Å². The highest BCUT2D eigenvalue weighted by Gasteiger charge is 2.13. The second kappa shape index (κ2) is 6.37. The van der Waals surface area contributed by atoms with Crippen LogP contribution in [0.1, 0.15) is 29.5 Å². The molecule has 0 saturated carbocycles. The molecule has 2 rings (SSSR count). The number of hydrogen-bond donors (Lipinski definition) is 2. The maximum Gasteiger partial charge on any atom is 0.253 e. The van der Waals surface area contributed by atoms with E-state index in [1.807, 2.05) is 30.3 Å². The second-order valence-corrected chi connectivity index (χ2v) is 5.10. The first-order valence-electron chi connectivity index (χ1n) is 6.78. The van der Waals surface area contributed by atoms with Gasteiger partial charge in [0.2, 0.25) is 5.91 Å². The Morgan fingerprint density at radius 2 is 1.95 bits per heavy atom. The standard InChI is InChI=1S/C16H19N3O2/c1-11-4-3-9-19(16(11)21)10-13-5-7-14(8-6-13)12(2)15(20)18-17/h3-9,12H,10,17H2,1-2H3,(H,18,20). The number of carbonyl (C=O) groups is 1. The fourth-order valence-corrected chi connectivity index (χ4v) is 2.17. The molecule has 0 aliphatic rings. The number of aromatic nitrogens is 1. The predicted octanol–water partition coefficient (Wildman–Crippen LogP) is 1.30. The summed E-state index contributed by atoms with van der Waals surface area (Å²) in [5, 5.41) is 0. The summed E-state index contributed by atoms with van der Waals surface area (Å²) in [5.41, 5.74) is 4.78. The Labute approximate surface area is 123 Å². The summed E-state index contributed by atoms with van der Waals surface area (Å²) in [4.78, 5) is 23.5. The lowest BCUT2D eigenvalue weighted by Crippen LogP contribution is -2.33. The number of benzene rings is 1. The van der Waals surface area contributed by atoms with Crippen LogP contribution >= 0.6 is 0 Å². The minimum Gasteiger partial charge on any atom is -0.311 e. The number of nitrogens with two attached hydrogens (primary N) is 1. The largest absolute Gasteiger partial charge is 0.311 e. The molecule has 1 aromatic heterocycles. The molecule has 110 valence electrons. The van der Waals surface area contributed by atoms with Crippen LogP contribution in [-0.2, 0) is 11.3 Å². The van der Waals surface area contributed by atoms with Gasteiger partial charge in [-0.25, -0.2) is 5.84 Å². The van der Waals surface area contributed by atoms with Crippen LogP contribution in [0.3, 0.4) is 0 Å². The highest BCUT2D eigenvalue weighted by atomic mass is 16.2. The Morgan fingerprint density at radius 3 is 2.57 bits per heavy atom. The van der Waals surface area contributed by atoms with Crippen molar-refractivity contribution in [2.75, 3.05) is 0 Å². The molecule has 5 heteroatoms. The Kier molecular flexibility index (Phi) is 4.55. The SMILES string of the molecule is Cc1cccn(Cc2ccc(C(C)C(=O)NN)cc2)c1=O. The number of pyridine rings is 1. The summed E-state index contributed by atoms with van der Waals surface area (Å²) < 4.78 is 1.67. The third kappa shape index (κ3) is 3.38. The maximum absolute atomic E-state index is 12.0. The molecule has 0 bridgehead atoms. The molecule has 1 aromatic carbocycles. The highest BCUT2D eigenvalue weighted by molar-refractivity contribution is 5.82. The number of hydrogen-bond acceptors (Lipinski definition) is 3. The molecular weight excluding hydrogens is 266 g/mol. The summed E-state index contributed by atoms with van der Waals surface area (Å²) in [7, 11) is 0. The first kappa shape index (κ1) is 15.0. The zero-order chi connectivity index (χ0) is 15.4. The quantitative estimate of drug-likeness (QED) is 0.505. The minimum absolute atomic E-state index is 0.0115. The Hall–Kier alpha value is -2.40. The molecule has 0 aliphatic carbocycles. The summed E-state index contributed by atoms with van der Waals surface area (Å²) in [6.07, 6.45) is 1.77. The minimum atomic E-state index is -0.300. The molecule has 0 fully saturated rings. The van der Waals surface area contributed by atoms with Gasteiger partial charge in [-0.15, -0.1) is 0 Å². The third-order valence-corrected chi connectivity index (χ3v) is 3.58. The van der Waals surface area contributed by atoms with Crippen LogP contribution in [0.2, 0.25) is 0 Å². The predicted molar refractivity (Wildman–Crippen MR) is 81.7 cm³/mol. The van der Waals surface area contributed by atoms with Crippen molar-refractivity contribution < 1.29 is 4.79 Å². The van der Waals surface area contributed by atoms with Crippen molar-refractivity contribution in [3.05, 3.63) is 69.6 Å². The molecule has 1 atom stereocenters. The van der Waals surface area contributed by atoms with E-state index < -0.39 is 0 Å². The Balaban J connectivity index is 2.18. The molecule has 21 heavy (non-hydrogen) atoms. The van der Waals surface area contributed by atoms with Crippen LogP contribution in [0.15, 0.2) is 47.4 Å². The molecule has 1 amide bonds. The van der Waals surface area contributed by atoms with E-state index in [-0.39, 0.29) is 17.4 Å². The van der Waals surface area contributed by atoms with Crippen molar-refractivity contribution in [3.63, 3.8) is 0 Å². The van der Waals surface area contributed by atoms with Crippen LogP contribution < -0.4 is 16.8 Å². The normalized spacial score (nSPS) is 12.0. The van der Waals surface area contributed by atoms with Gasteiger partial charge in [-0.3, -0.25) is 15.0 Å². The van der Waals surface area contributed by atoms with Crippen molar-refractivity contribution in [2.24, 2.45) is 5.84 Å². The van der Waals surface area contributed by atoms with Crippen LogP contribution in [0.4, 0.5) is 0 Å². The van der Waals surface area contributed by atoms with Crippen molar-refractivity contribution >= 4 is 5.91 Å². The molecule has 0 spiro atoms. The number of aryl methyl sites for hydroxylation is 1. The van der Waals surface area contributed by atoms with E-state index >= 15 is 0 Å². The average Bonchev–Trinajstić information content (AvgIpc) is 2.51. The second-order valence-electron chi connectivity index (χ2n) is 5.10. The van der Waals surface area contributed by atoms with E-state index in [1.54, 1.807) is 30.7 Å². The van der Waals surface area contributed by atoms with Gasteiger partial charge in [0.25, 0.3) is 5.56 Å². The molecule has 5 nitrogen and oxygen atoms in total. The molecule has 0 radical (unpaired) electrons. The average molecular weight is 285 g/mol. The van der Waals surface area contributed by atoms with Gasteiger partial charge in [0, 0.05) is 11.8 Å². The van der Waals surface area contributed by atoms with Crippen molar-refractivity contribution in [2.45, 2.75) is 26.3 Å². The van der Waals surface area contributed by atoms with E-state index in [0.29, 0.717) is 6.54 Å². The highest BCUT2D eigenvalue weighted by Crippen LogP contribution is 2.16. The van der Waals surface area contributed by atoms with Crippen LogP contribution in [0, 0.1) is 6.92 Å². The monoisotopic (exact) mass is 285 g/mol. The maximum atomic E-state index is 12.0. The third-order valence-electron chi connectivity index (χ3n) is 3.58. The summed E-state index contributed by atoms with van der Waals surface area (Å²) >= 11 is 0. The van der Waals surface area contributed by atoms with E-state index in [9.17, 15) is 9.59 Å². The van der Waals surface area contributed by atoms with Crippen molar-refractivity contribution in [1.29, 1.82) is 0 Å². The molecular formula is C16H19N3O2. The molecule has 3 N–H and O–H groups in total. The van der Waals surface area contributed by atoms with Gasteiger partial charge in [0.05, 0.1) is 12.5 Å². The first-order valence-corrected chi connectivity index (χ1v) is 6.78. The van der Waals surface area contributed by atoms with E-state index in [2.05, 4.69) is 5.43 Å². The summed E-state index contributed by atoms with van der Waals surface area (Å²) in [6.45, 7) is 4.11. The Bertz CT molecular complexity index is 689. The topological polar surface area (TPSA) is 77.1 Å². The van der Waals surface area contributed by atoms with Crippen molar-refractivity contribution in [1.82, 2.24) is 9.99 Å². The fourth-order valence-electron chi connectivity index (χ4n) is 2.17. The van der Waals surface area contributed by atoms with Gasteiger partial charge in [-0.1, -0.05) is 30.3 Å². The smallest absolute Gasteiger partial charge is 0.253 e. The molecule has 0 aliphatic heterocycles. The summed E-state index contributed by atoms with van der Waals surface area (Å²) in [6, 6.07) is 11.3. The van der Waals surface area contributed by atoms with Gasteiger partial charge < -0.3 is 4.57 Å². The summed E-state index contributed by atoms with van der Waals surface area (Å²) in [5.74, 6) is 4.61. The number of carbonyl (C=O) groups excluding carboxylic acids is 1. The van der Waals surface area contributed by atoms with Gasteiger partial charge in [-0.05, 0) is 31.0 Å². The van der Waals surface area contributed by atoms with Gasteiger partial charge >= 0.3 is 0 Å². The molecule has 2 aromatic rings. The molecule has 1 heterocycles. The van der Waals surface area contributed by atoms with Crippen LogP contribution in [0.25, 0.3) is 0 Å². The van der Waals surface area contributed by atoms with E-state index in [1.165, 1.54) is 0 Å². The zero-order valence-corrected chi connectivity index (χ0v) is 12.2. The van der Waals surface area contributed by atoms with Gasteiger partial charge in [0.15, 0.2) is 0 Å². The number of rotatable bonds is 4. The lowest BCUT2D eigenvalue weighted by Gasteiger charge is -2.11. The number of hydrazine groups is 1. The lowest BCUT2D eigenvalue weighted by molar-refractivity contribution is -0.122. The lowest BCUT2D eigenvalue weighted by atomic mass is 9.99. The molecule has 0 saturated heterocycles. The van der Waals surface area contributed by atoms with Gasteiger partial charge in [0.1, 0.15) is 0 Å². The van der Waals surface area contributed by atoms with Crippen LogP contribution in [-0.4, -0.2) is 10.5 Å².